The fraction of sp³-hybridized carbons (Fsp3) is 0.0667. The molecule has 0 atom stereocenters. The molecular weight excluding hydrogens is 540 g/mol. The van der Waals surface area contributed by atoms with E-state index in [1.807, 2.05) is 0 Å². The van der Waals surface area contributed by atoms with E-state index >= 15 is 0 Å². The van der Waals surface area contributed by atoms with Gasteiger partial charge in [0.25, 0.3) is 0 Å². The van der Waals surface area contributed by atoms with Crippen molar-refractivity contribution in [2.75, 3.05) is 0 Å². The minimum absolute atomic E-state index is 0.0840. The van der Waals surface area contributed by atoms with Crippen LogP contribution in [-0.4, -0.2) is 0 Å². The van der Waals surface area contributed by atoms with Gasteiger partial charge in [0.05, 0.1) is 0 Å². The molecule has 0 spiro atoms. The summed E-state index contributed by atoms with van der Waals surface area (Å²) in [6.07, 6.45) is 0. The number of benzene rings is 8. The van der Waals surface area contributed by atoms with E-state index in [-0.39, 0.29) is 5.41 Å². The molecule has 0 heterocycles. The standard InChI is InChI=1S/C45H32/c1-45(2)41-22-11-10-18-34(41)38-27-39-40(28-42(38)45)44(35-21-12-16-31-15-6-7-17-33(31)35)37-20-9-8-19-36(37)43(39)32-25-23-30(24-26-32)29-13-4-3-5-14-29/h3-28H,1-2H3. The van der Waals surface area contributed by atoms with E-state index < -0.39 is 0 Å². The van der Waals surface area contributed by atoms with Crippen molar-refractivity contribution in [3.63, 3.8) is 0 Å². The van der Waals surface area contributed by atoms with Gasteiger partial charge in [0.1, 0.15) is 0 Å². The van der Waals surface area contributed by atoms with Crippen LogP contribution in [-0.2, 0) is 5.41 Å². The summed E-state index contributed by atoms with van der Waals surface area (Å²) in [5, 5.41) is 7.74. The lowest BCUT2D eigenvalue weighted by molar-refractivity contribution is 0.661. The summed E-state index contributed by atoms with van der Waals surface area (Å²) < 4.78 is 0. The van der Waals surface area contributed by atoms with Gasteiger partial charge in [0, 0.05) is 5.41 Å². The van der Waals surface area contributed by atoms with Gasteiger partial charge in [0.2, 0.25) is 0 Å². The van der Waals surface area contributed by atoms with E-state index in [0.717, 1.165) is 0 Å². The highest BCUT2D eigenvalue weighted by Gasteiger charge is 2.36. The molecule has 8 aromatic rings. The molecule has 0 aliphatic heterocycles. The SMILES string of the molecule is CC1(C)c2ccccc2-c2cc3c(-c4ccc(-c5ccccc5)cc4)c4ccccc4c(-c4cccc5ccccc45)c3cc21. The van der Waals surface area contributed by atoms with Crippen LogP contribution in [0.4, 0.5) is 0 Å². The Hall–Kier alpha value is -5.46. The van der Waals surface area contributed by atoms with Crippen molar-refractivity contribution >= 4 is 32.3 Å². The molecule has 0 nitrogen and oxygen atoms in total. The first-order valence-electron chi connectivity index (χ1n) is 15.9. The molecule has 0 saturated heterocycles. The summed E-state index contributed by atoms with van der Waals surface area (Å²) >= 11 is 0. The van der Waals surface area contributed by atoms with Gasteiger partial charge in [-0.25, -0.2) is 0 Å². The van der Waals surface area contributed by atoms with Gasteiger partial charge >= 0.3 is 0 Å². The van der Waals surface area contributed by atoms with Gasteiger partial charge in [-0.3, -0.25) is 0 Å². The Bertz CT molecular complexity index is 2420. The second kappa shape index (κ2) is 9.78. The second-order valence-corrected chi connectivity index (χ2v) is 12.9. The Balaban J connectivity index is 1.43. The quantitative estimate of drug-likeness (QED) is 0.185. The van der Waals surface area contributed by atoms with Gasteiger partial charge in [-0.05, 0) is 100 Å². The van der Waals surface area contributed by atoms with Crippen molar-refractivity contribution in [1.29, 1.82) is 0 Å². The summed E-state index contributed by atoms with van der Waals surface area (Å²) in [5.74, 6) is 0. The van der Waals surface area contributed by atoms with Crippen LogP contribution in [0.25, 0.3) is 76.8 Å². The van der Waals surface area contributed by atoms with E-state index in [2.05, 4.69) is 172 Å². The third kappa shape index (κ3) is 3.85. The van der Waals surface area contributed by atoms with Crippen LogP contribution < -0.4 is 0 Å². The van der Waals surface area contributed by atoms with Crippen LogP contribution in [0.15, 0.2) is 158 Å². The van der Waals surface area contributed by atoms with Crippen molar-refractivity contribution in [2.24, 2.45) is 0 Å². The molecular formula is C45H32. The number of fused-ring (bicyclic) bond motifs is 6. The van der Waals surface area contributed by atoms with E-state index in [4.69, 9.17) is 0 Å². The Morgan fingerprint density at radius 3 is 1.69 bits per heavy atom. The monoisotopic (exact) mass is 572 g/mol. The number of hydrogen-bond acceptors (Lipinski definition) is 0. The number of hydrogen-bond donors (Lipinski definition) is 0. The highest BCUT2D eigenvalue weighted by Crippen LogP contribution is 2.53. The molecule has 0 amide bonds. The van der Waals surface area contributed by atoms with Crippen molar-refractivity contribution in [3.05, 3.63) is 169 Å². The molecule has 0 fully saturated rings. The molecule has 212 valence electrons. The largest absolute Gasteiger partial charge is 0.0622 e. The Labute approximate surface area is 264 Å². The molecule has 1 aliphatic carbocycles. The lowest BCUT2D eigenvalue weighted by Gasteiger charge is -2.24. The normalized spacial score (nSPS) is 13.3. The molecule has 0 radical (unpaired) electrons. The van der Waals surface area contributed by atoms with Crippen molar-refractivity contribution in [1.82, 2.24) is 0 Å². The second-order valence-electron chi connectivity index (χ2n) is 12.9. The zero-order chi connectivity index (χ0) is 30.1. The zero-order valence-corrected chi connectivity index (χ0v) is 25.5. The van der Waals surface area contributed by atoms with E-state index in [0.29, 0.717) is 0 Å². The fourth-order valence-corrected chi connectivity index (χ4v) is 7.88. The van der Waals surface area contributed by atoms with Gasteiger partial charge in [-0.2, -0.15) is 0 Å². The maximum Gasteiger partial charge on any atom is 0.0159 e. The summed E-state index contributed by atoms with van der Waals surface area (Å²) in [4.78, 5) is 0. The van der Waals surface area contributed by atoms with Crippen molar-refractivity contribution in [2.45, 2.75) is 19.3 Å². The van der Waals surface area contributed by atoms with Crippen LogP contribution in [0.5, 0.6) is 0 Å². The van der Waals surface area contributed by atoms with Crippen LogP contribution >= 0.6 is 0 Å². The van der Waals surface area contributed by atoms with Gasteiger partial charge in [-0.1, -0.05) is 159 Å². The Morgan fingerprint density at radius 1 is 0.333 bits per heavy atom. The summed E-state index contributed by atoms with van der Waals surface area (Å²) in [7, 11) is 0. The van der Waals surface area contributed by atoms with Gasteiger partial charge < -0.3 is 0 Å². The highest BCUT2D eigenvalue weighted by molar-refractivity contribution is 6.24. The minimum Gasteiger partial charge on any atom is -0.0622 e. The van der Waals surface area contributed by atoms with Crippen LogP contribution in [0.2, 0.25) is 0 Å². The third-order valence-corrected chi connectivity index (χ3v) is 10.1. The first-order valence-corrected chi connectivity index (χ1v) is 15.9. The summed E-state index contributed by atoms with van der Waals surface area (Å²) in [6, 6.07) is 58.4. The average Bonchev–Trinajstić information content (AvgIpc) is 3.32. The van der Waals surface area contributed by atoms with Gasteiger partial charge in [0.15, 0.2) is 0 Å². The molecule has 0 aromatic heterocycles. The fourth-order valence-electron chi connectivity index (χ4n) is 7.88. The minimum atomic E-state index is -0.0840. The molecule has 9 rings (SSSR count). The predicted octanol–water partition coefficient (Wildman–Crippen LogP) is 12.5. The average molecular weight is 573 g/mol. The van der Waals surface area contributed by atoms with E-state index in [9.17, 15) is 0 Å². The summed E-state index contributed by atoms with van der Waals surface area (Å²) in [6.45, 7) is 4.76. The van der Waals surface area contributed by atoms with E-state index in [1.165, 1.54) is 88.0 Å². The predicted molar refractivity (Wildman–Crippen MR) is 193 cm³/mol. The third-order valence-electron chi connectivity index (χ3n) is 10.1. The van der Waals surface area contributed by atoms with Crippen LogP contribution in [0.3, 0.4) is 0 Å². The molecule has 8 aromatic carbocycles. The van der Waals surface area contributed by atoms with Crippen LogP contribution in [0, 0.1) is 0 Å². The number of rotatable bonds is 3. The maximum atomic E-state index is 2.52. The lowest BCUT2D eigenvalue weighted by Crippen LogP contribution is -2.14. The van der Waals surface area contributed by atoms with Gasteiger partial charge in [-0.15, -0.1) is 0 Å². The molecule has 1 aliphatic rings. The van der Waals surface area contributed by atoms with Crippen molar-refractivity contribution < 1.29 is 0 Å². The molecule has 0 saturated carbocycles. The smallest absolute Gasteiger partial charge is 0.0159 e. The first kappa shape index (κ1) is 26.0. The van der Waals surface area contributed by atoms with E-state index in [1.54, 1.807) is 0 Å². The molecule has 0 heteroatoms. The van der Waals surface area contributed by atoms with Crippen molar-refractivity contribution in [3.8, 4) is 44.5 Å². The molecule has 0 N–H and O–H groups in total. The summed E-state index contributed by atoms with van der Waals surface area (Å²) in [5.41, 5.74) is 13.0. The first-order chi connectivity index (χ1) is 22.1. The topological polar surface area (TPSA) is 0 Å². The molecule has 0 unspecified atom stereocenters. The maximum absolute atomic E-state index is 2.52. The Kier molecular flexibility index (Phi) is 5.64. The molecule has 0 bridgehead atoms. The highest BCUT2D eigenvalue weighted by atomic mass is 14.4. The van der Waals surface area contributed by atoms with Crippen LogP contribution in [0.1, 0.15) is 25.0 Å². The molecule has 45 heavy (non-hydrogen) atoms. The Morgan fingerprint density at radius 2 is 0.889 bits per heavy atom. The lowest BCUT2D eigenvalue weighted by atomic mass is 9.79. The zero-order valence-electron chi connectivity index (χ0n) is 25.5.